The molecule has 0 spiro atoms. The molecule has 0 radical (unpaired) electrons. The fraction of sp³-hybridized carbons (Fsp3) is 0.120. The van der Waals surface area contributed by atoms with Crippen LogP contribution in [0.3, 0.4) is 0 Å². The number of urea groups is 1. The standard InChI is InChI=1S/C25H18BrCl3N2O3/c1-14-2-4-15(5-3-14)12-31-24(32)22(30-25(31)33)11-17-8-18(26)23(21(29)10-17)34-13-16-6-7-19(27)20(28)9-16/h2-11H,12-13H2,1H3,(H,30,33)/b22-11+. The number of carbonyl (C=O) groups is 2. The number of imide groups is 1. The van der Waals surface area contributed by atoms with Crippen molar-refractivity contribution in [3.63, 3.8) is 0 Å². The molecule has 1 aliphatic heterocycles. The molecule has 0 atom stereocenters. The van der Waals surface area contributed by atoms with Crippen LogP contribution in [0.4, 0.5) is 4.79 Å². The number of halogens is 4. The van der Waals surface area contributed by atoms with Crippen molar-refractivity contribution >= 4 is 68.7 Å². The second-order valence-corrected chi connectivity index (χ2v) is 9.79. The third kappa shape index (κ3) is 5.58. The lowest BCUT2D eigenvalue weighted by Crippen LogP contribution is -2.30. The molecular weight excluding hydrogens is 563 g/mol. The monoisotopic (exact) mass is 578 g/mol. The minimum Gasteiger partial charge on any atom is -0.486 e. The number of rotatable bonds is 6. The highest BCUT2D eigenvalue weighted by atomic mass is 79.9. The zero-order chi connectivity index (χ0) is 24.4. The summed E-state index contributed by atoms with van der Waals surface area (Å²) < 4.78 is 6.45. The maximum absolute atomic E-state index is 12.8. The van der Waals surface area contributed by atoms with Crippen molar-refractivity contribution in [2.24, 2.45) is 0 Å². The van der Waals surface area contributed by atoms with Crippen molar-refractivity contribution in [1.29, 1.82) is 0 Å². The molecule has 174 valence electrons. The highest BCUT2D eigenvalue weighted by Gasteiger charge is 2.33. The number of nitrogens with one attached hydrogen (secondary N) is 1. The second-order valence-electron chi connectivity index (χ2n) is 7.72. The molecule has 34 heavy (non-hydrogen) atoms. The van der Waals surface area contributed by atoms with Gasteiger partial charge in [-0.15, -0.1) is 0 Å². The summed E-state index contributed by atoms with van der Waals surface area (Å²) in [5.74, 6) is 0.0374. The maximum Gasteiger partial charge on any atom is 0.329 e. The van der Waals surface area contributed by atoms with Gasteiger partial charge in [-0.2, -0.15) is 0 Å². The normalized spacial score (nSPS) is 14.6. The molecule has 4 rings (SSSR count). The average molecular weight is 581 g/mol. The van der Waals surface area contributed by atoms with Crippen molar-refractivity contribution in [2.75, 3.05) is 0 Å². The number of hydrogen-bond acceptors (Lipinski definition) is 3. The van der Waals surface area contributed by atoms with Gasteiger partial charge < -0.3 is 10.1 Å². The highest BCUT2D eigenvalue weighted by molar-refractivity contribution is 9.10. The van der Waals surface area contributed by atoms with E-state index in [-0.39, 0.29) is 18.8 Å². The van der Waals surface area contributed by atoms with Gasteiger partial charge in [0.15, 0.2) is 5.75 Å². The molecule has 3 aromatic rings. The van der Waals surface area contributed by atoms with Gasteiger partial charge in [-0.3, -0.25) is 9.69 Å². The van der Waals surface area contributed by atoms with Crippen molar-refractivity contribution in [1.82, 2.24) is 10.2 Å². The Morgan fingerprint density at radius 1 is 0.941 bits per heavy atom. The van der Waals surface area contributed by atoms with E-state index in [1.165, 1.54) is 4.90 Å². The molecule has 9 heteroatoms. The lowest BCUT2D eigenvalue weighted by molar-refractivity contribution is -0.123. The van der Waals surface area contributed by atoms with Crippen molar-refractivity contribution in [3.05, 3.63) is 102 Å². The number of benzene rings is 3. The van der Waals surface area contributed by atoms with E-state index in [9.17, 15) is 9.59 Å². The topological polar surface area (TPSA) is 58.6 Å². The van der Waals surface area contributed by atoms with Gasteiger partial charge in [0.2, 0.25) is 0 Å². The molecule has 1 aliphatic rings. The summed E-state index contributed by atoms with van der Waals surface area (Å²) in [5, 5.41) is 3.88. The van der Waals surface area contributed by atoms with Crippen LogP contribution in [0.2, 0.25) is 15.1 Å². The van der Waals surface area contributed by atoms with Crippen molar-refractivity contribution in [2.45, 2.75) is 20.1 Å². The summed E-state index contributed by atoms with van der Waals surface area (Å²) in [6, 6.07) is 15.8. The molecule has 0 aromatic heterocycles. The molecule has 1 saturated heterocycles. The molecule has 0 saturated carbocycles. The average Bonchev–Trinajstić information content (AvgIpc) is 3.04. The van der Waals surface area contributed by atoms with Crippen LogP contribution < -0.4 is 10.1 Å². The van der Waals surface area contributed by atoms with Gasteiger partial charge in [-0.25, -0.2) is 4.79 Å². The van der Waals surface area contributed by atoms with Crippen molar-refractivity contribution < 1.29 is 14.3 Å². The Labute approximate surface area is 220 Å². The molecule has 3 aromatic carbocycles. The molecule has 0 aliphatic carbocycles. The van der Waals surface area contributed by atoms with Crippen LogP contribution in [-0.2, 0) is 17.9 Å². The summed E-state index contributed by atoms with van der Waals surface area (Å²) in [6.07, 6.45) is 1.58. The zero-order valence-electron chi connectivity index (χ0n) is 17.9. The summed E-state index contributed by atoms with van der Waals surface area (Å²) >= 11 is 21.9. The van der Waals surface area contributed by atoms with Gasteiger partial charge in [0, 0.05) is 0 Å². The SMILES string of the molecule is Cc1ccc(CN2C(=O)N/C(=C/c3cc(Cl)c(OCc4ccc(Cl)c(Cl)c4)c(Br)c3)C2=O)cc1. The lowest BCUT2D eigenvalue weighted by atomic mass is 10.1. The third-order valence-corrected chi connectivity index (χ3v) is 6.73. The van der Waals surface area contributed by atoms with E-state index < -0.39 is 11.9 Å². The number of carbonyl (C=O) groups excluding carboxylic acids is 2. The van der Waals surface area contributed by atoms with Gasteiger partial charge >= 0.3 is 6.03 Å². The van der Waals surface area contributed by atoms with Gasteiger partial charge in [0.25, 0.3) is 5.91 Å². The second kappa shape index (κ2) is 10.4. The molecule has 0 bridgehead atoms. The molecular formula is C25H18BrCl3N2O3. The quantitative estimate of drug-likeness (QED) is 0.244. The number of aryl methyl sites for hydroxylation is 1. The van der Waals surface area contributed by atoms with Crippen LogP contribution >= 0.6 is 50.7 Å². The number of nitrogens with zero attached hydrogens (tertiary/aromatic N) is 1. The van der Waals surface area contributed by atoms with E-state index in [1.54, 1.807) is 30.3 Å². The predicted octanol–water partition coefficient (Wildman–Crippen LogP) is 7.39. The van der Waals surface area contributed by atoms with Crippen LogP contribution in [0.15, 0.2) is 64.8 Å². The smallest absolute Gasteiger partial charge is 0.329 e. The number of amides is 3. The van der Waals surface area contributed by atoms with E-state index in [0.29, 0.717) is 30.9 Å². The Hall–Kier alpha value is -2.51. The molecule has 3 amide bonds. The Bertz CT molecular complexity index is 1290. The Balaban J connectivity index is 1.49. The third-order valence-electron chi connectivity index (χ3n) is 5.12. The first kappa shape index (κ1) is 24.6. The number of ether oxygens (including phenoxy) is 1. The van der Waals surface area contributed by atoms with Gasteiger partial charge in [-0.05, 0) is 69.9 Å². The van der Waals surface area contributed by atoms with Crippen LogP contribution in [0.1, 0.15) is 22.3 Å². The van der Waals surface area contributed by atoms with Crippen molar-refractivity contribution in [3.8, 4) is 5.75 Å². The van der Waals surface area contributed by atoms with E-state index in [4.69, 9.17) is 39.5 Å². The Morgan fingerprint density at radius 3 is 2.32 bits per heavy atom. The van der Waals surface area contributed by atoms with E-state index >= 15 is 0 Å². The van der Waals surface area contributed by atoms with Gasteiger partial charge in [0.1, 0.15) is 12.3 Å². The van der Waals surface area contributed by atoms with Crippen LogP contribution in [-0.4, -0.2) is 16.8 Å². The fourth-order valence-electron chi connectivity index (χ4n) is 3.34. The molecule has 1 N–H and O–H groups in total. The minimum atomic E-state index is -0.469. The van der Waals surface area contributed by atoms with Crippen LogP contribution in [0.25, 0.3) is 6.08 Å². The summed E-state index contributed by atoms with van der Waals surface area (Å²) in [4.78, 5) is 26.4. The van der Waals surface area contributed by atoms with E-state index in [0.717, 1.165) is 16.7 Å². The Morgan fingerprint density at radius 2 is 1.65 bits per heavy atom. The molecule has 0 unspecified atom stereocenters. The summed E-state index contributed by atoms with van der Waals surface area (Å²) in [6.45, 7) is 2.40. The summed E-state index contributed by atoms with van der Waals surface area (Å²) in [5.41, 5.74) is 3.60. The van der Waals surface area contributed by atoms with Gasteiger partial charge in [-0.1, -0.05) is 70.7 Å². The Kier molecular flexibility index (Phi) is 7.53. The zero-order valence-corrected chi connectivity index (χ0v) is 21.7. The first-order valence-electron chi connectivity index (χ1n) is 10.2. The predicted molar refractivity (Wildman–Crippen MR) is 138 cm³/mol. The summed E-state index contributed by atoms with van der Waals surface area (Å²) in [7, 11) is 0. The number of hydrogen-bond donors (Lipinski definition) is 1. The van der Waals surface area contributed by atoms with E-state index in [2.05, 4.69) is 21.2 Å². The van der Waals surface area contributed by atoms with E-state index in [1.807, 2.05) is 37.3 Å². The van der Waals surface area contributed by atoms with Crippen LogP contribution in [0.5, 0.6) is 5.75 Å². The molecule has 1 heterocycles. The fourth-order valence-corrected chi connectivity index (χ4v) is 4.65. The minimum absolute atomic E-state index is 0.171. The highest BCUT2D eigenvalue weighted by Crippen LogP contribution is 2.36. The molecule has 5 nitrogen and oxygen atoms in total. The van der Waals surface area contributed by atoms with Crippen LogP contribution in [0, 0.1) is 6.92 Å². The van der Waals surface area contributed by atoms with Gasteiger partial charge in [0.05, 0.1) is 26.1 Å². The maximum atomic E-state index is 12.8. The first-order valence-corrected chi connectivity index (χ1v) is 12.1. The lowest BCUT2D eigenvalue weighted by Gasteiger charge is -2.12. The first-order chi connectivity index (χ1) is 16.2. The molecule has 1 fully saturated rings. The largest absolute Gasteiger partial charge is 0.486 e.